The lowest BCUT2D eigenvalue weighted by Gasteiger charge is -2.40. The van der Waals surface area contributed by atoms with Crippen LogP contribution in [0.1, 0.15) is 20.8 Å². The Morgan fingerprint density at radius 1 is 1.44 bits per heavy atom. The zero-order chi connectivity index (χ0) is 13.8. The molecule has 6 heteroatoms. The summed E-state index contributed by atoms with van der Waals surface area (Å²) in [5, 5.41) is 6.23. The fourth-order valence-electron chi connectivity index (χ4n) is 2.16. The van der Waals surface area contributed by atoms with Crippen molar-refractivity contribution in [1.29, 1.82) is 0 Å². The highest BCUT2D eigenvalue weighted by Gasteiger charge is 2.35. The number of hydrogen-bond acceptors (Lipinski definition) is 4. The normalized spacial score (nSPS) is 21.3. The molecule has 0 aromatic carbocycles. The molecule has 1 heterocycles. The third-order valence-corrected chi connectivity index (χ3v) is 4.29. The summed E-state index contributed by atoms with van der Waals surface area (Å²) in [5.41, 5.74) is -0.508. The SMILES string of the molecule is CC(CS(C)=O)NC(=O)C(C)(C)N1CCNCC1. The van der Waals surface area contributed by atoms with Crippen molar-refractivity contribution in [2.24, 2.45) is 0 Å². The van der Waals surface area contributed by atoms with Crippen molar-refractivity contribution in [3.63, 3.8) is 0 Å². The molecule has 0 bridgehead atoms. The highest BCUT2D eigenvalue weighted by molar-refractivity contribution is 7.84. The monoisotopic (exact) mass is 275 g/mol. The molecule has 0 spiro atoms. The molecule has 1 saturated heterocycles. The Morgan fingerprint density at radius 2 is 2.00 bits per heavy atom. The quantitative estimate of drug-likeness (QED) is 0.714. The van der Waals surface area contributed by atoms with E-state index >= 15 is 0 Å². The van der Waals surface area contributed by atoms with E-state index in [1.54, 1.807) is 6.26 Å². The average Bonchev–Trinajstić information content (AvgIpc) is 2.28. The van der Waals surface area contributed by atoms with Crippen LogP contribution >= 0.6 is 0 Å². The fourth-order valence-corrected chi connectivity index (χ4v) is 2.95. The van der Waals surface area contributed by atoms with Crippen molar-refractivity contribution >= 4 is 16.7 Å². The van der Waals surface area contributed by atoms with Crippen LogP contribution < -0.4 is 10.6 Å². The lowest BCUT2D eigenvalue weighted by atomic mass is 10.00. The maximum absolute atomic E-state index is 12.3. The number of piperazine rings is 1. The number of rotatable bonds is 5. The molecule has 1 fully saturated rings. The number of amides is 1. The van der Waals surface area contributed by atoms with E-state index in [1.807, 2.05) is 20.8 Å². The van der Waals surface area contributed by atoms with Gasteiger partial charge in [-0.1, -0.05) is 0 Å². The van der Waals surface area contributed by atoms with Crippen LogP contribution in [-0.4, -0.2) is 64.8 Å². The van der Waals surface area contributed by atoms with Gasteiger partial charge in [-0.25, -0.2) is 0 Å². The van der Waals surface area contributed by atoms with Crippen LogP contribution in [0.15, 0.2) is 0 Å². The number of carbonyl (C=O) groups excluding carboxylic acids is 1. The Labute approximate surface area is 112 Å². The summed E-state index contributed by atoms with van der Waals surface area (Å²) in [4.78, 5) is 14.5. The molecule has 1 rings (SSSR count). The molecule has 2 atom stereocenters. The van der Waals surface area contributed by atoms with Crippen molar-refractivity contribution in [3.05, 3.63) is 0 Å². The smallest absolute Gasteiger partial charge is 0.240 e. The van der Waals surface area contributed by atoms with Gasteiger partial charge in [0, 0.05) is 55.0 Å². The van der Waals surface area contributed by atoms with E-state index in [4.69, 9.17) is 0 Å². The van der Waals surface area contributed by atoms with Crippen molar-refractivity contribution < 1.29 is 9.00 Å². The van der Waals surface area contributed by atoms with Crippen molar-refractivity contribution in [2.75, 3.05) is 38.2 Å². The predicted molar refractivity (Wildman–Crippen MR) is 75.1 cm³/mol. The number of nitrogens with zero attached hydrogens (tertiary/aromatic N) is 1. The van der Waals surface area contributed by atoms with Gasteiger partial charge in [0.15, 0.2) is 0 Å². The number of hydrogen-bond donors (Lipinski definition) is 2. The molecule has 5 nitrogen and oxygen atoms in total. The Bertz CT molecular complexity index is 314. The summed E-state index contributed by atoms with van der Waals surface area (Å²) in [6, 6.07) is -0.0504. The van der Waals surface area contributed by atoms with E-state index in [9.17, 15) is 9.00 Å². The Balaban J connectivity index is 2.54. The Hall–Kier alpha value is -0.460. The highest BCUT2D eigenvalue weighted by atomic mass is 32.2. The number of carbonyl (C=O) groups is 1. The second-order valence-corrected chi connectivity index (χ2v) is 6.89. The molecule has 1 aliphatic heterocycles. The molecular formula is C12H25N3O2S. The number of nitrogens with one attached hydrogen (secondary N) is 2. The first-order chi connectivity index (χ1) is 8.34. The van der Waals surface area contributed by atoms with Crippen molar-refractivity contribution in [1.82, 2.24) is 15.5 Å². The van der Waals surface area contributed by atoms with Gasteiger partial charge in [0.25, 0.3) is 0 Å². The molecule has 1 amide bonds. The van der Waals surface area contributed by atoms with Gasteiger partial charge in [-0.2, -0.15) is 0 Å². The highest BCUT2D eigenvalue weighted by Crippen LogP contribution is 2.15. The molecule has 0 aromatic rings. The molecule has 0 radical (unpaired) electrons. The third-order valence-electron chi connectivity index (χ3n) is 3.33. The first-order valence-electron chi connectivity index (χ1n) is 6.41. The van der Waals surface area contributed by atoms with E-state index in [0.29, 0.717) is 5.75 Å². The first kappa shape index (κ1) is 15.6. The molecule has 2 N–H and O–H groups in total. The summed E-state index contributed by atoms with van der Waals surface area (Å²) in [6.07, 6.45) is 1.66. The molecule has 106 valence electrons. The van der Waals surface area contributed by atoms with Crippen LogP contribution in [0.25, 0.3) is 0 Å². The molecule has 18 heavy (non-hydrogen) atoms. The van der Waals surface area contributed by atoms with Gasteiger partial charge < -0.3 is 10.6 Å². The van der Waals surface area contributed by atoms with E-state index in [0.717, 1.165) is 26.2 Å². The average molecular weight is 275 g/mol. The van der Waals surface area contributed by atoms with Gasteiger partial charge in [-0.05, 0) is 20.8 Å². The van der Waals surface area contributed by atoms with Crippen molar-refractivity contribution in [3.8, 4) is 0 Å². The molecule has 0 aliphatic carbocycles. The van der Waals surface area contributed by atoms with E-state index in [2.05, 4.69) is 15.5 Å². The molecule has 0 saturated carbocycles. The second-order valence-electron chi connectivity index (χ2n) is 5.41. The van der Waals surface area contributed by atoms with Crippen LogP contribution in [0.4, 0.5) is 0 Å². The molecule has 0 aromatic heterocycles. The van der Waals surface area contributed by atoms with E-state index in [1.165, 1.54) is 0 Å². The van der Waals surface area contributed by atoms with Crippen LogP contribution in [0.3, 0.4) is 0 Å². The van der Waals surface area contributed by atoms with E-state index in [-0.39, 0.29) is 11.9 Å². The minimum Gasteiger partial charge on any atom is -0.351 e. The molecule has 2 unspecified atom stereocenters. The maximum atomic E-state index is 12.3. The third kappa shape index (κ3) is 4.33. The first-order valence-corrected chi connectivity index (χ1v) is 8.13. The second kappa shape index (κ2) is 6.63. The topological polar surface area (TPSA) is 61.4 Å². The summed E-state index contributed by atoms with van der Waals surface area (Å²) < 4.78 is 11.1. The largest absolute Gasteiger partial charge is 0.351 e. The maximum Gasteiger partial charge on any atom is 0.240 e. The molecular weight excluding hydrogens is 250 g/mol. The lowest BCUT2D eigenvalue weighted by Crippen LogP contribution is -2.61. The standard InChI is InChI=1S/C12H25N3O2S/c1-10(9-18(4)17)14-11(16)12(2,3)15-7-5-13-6-8-15/h10,13H,5-9H2,1-4H3,(H,14,16). The summed E-state index contributed by atoms with van der Waals surface area (Å²) >= 11 is 0. The summed E-state index contributed by atoms with van der Waals surface area (Å²) in [6.45, 7) is 9.40. The van der Waals surface area contributed by atoms with Crippen molar-refractivity contribution in [2.45, 2.75) is 32.4 Å². The minimum atomic E-state index is -0.882. The van der Waals surface area contributed by atoms with Crippen LogP contribution in [0.2, 0.25) is 0 Å². The molecule has 1 aliphatic rings. The predicted octanol–water partition coefficient (Wildman–Crippen LogP) is -0.447. The van der Waals surface area contributed by atoms with Gasteiger partial charge in [0.1, 0.15) is 0 Å². The van der Waals surface area contributed by atoms with Crippen LogP contribution in [-0.2, 0) is 15.6 Å². The van der Waals surface area contributed by atoms with Crippen LogP contribution in [0.5, 0.6) is 0 Å². The van der Waals surface area contributed by atoms with Gasteiger partial charge in [0.2, 0.25) is 5.91 Å². The van der Waals surface area contributed by atoms with E-state index < -0.39 is 16.3 Å². The Kier molecular flexibility index (Phi) is 5.75. The van der Waals surface area contributed by atoms with Crippen LogP contribution in [0, 0.1) is 0 Å². The zero-order valence-electron chi connectivity index (χ0n) is 11.8. The van der Waals surface area contributed by atoms with Gasteiger partial charge in [0.05, 0.1) is 5.54 Å². The Morgan fingerprint density at radius 3 is 2.50 bits per heavy atom. The van der Waals surface area contributed by atoms with Gasteiger partial charge in [-0.15, -0.1) is 0 Å². The zero-order valence-corrected chi connectivity index (χ0v) is 12.6. The summed E-state index contributed by atoms with van der Waals surface area (Å²) in [5.74, 6) is 0.519. The summed E-state index contributed by atoms with van der Waals surface area (Å²) in [7, 11) is -0.882. The van der Waals surface area contributed by atoms with Gasteiger partial charge >= 0.3 is 0 Å². The lowest BCUT2D eigenvalue weighted by molar-refractivity contribution is -0.132. The fraction of sp³-hybridized carbons (Fsp3) is 0.917. The minimum absolute atomic E-state index is 0.0161. The van der Waals surface area contributed by atoms with Gasteiger partial charge in [-0.3, -0.25) is 13.9 Å².